The quantitative estimate of drug-likeness (QED) is 0.842. The Hall–Kier alpha value is -2.07. The third-order valence-electron chi connectivity index (χ3n) is 2.32. The highest BCUT2D eigenvalue weighted by Crippen LogP contribution is 2.21. The average molecular weight is 230 g/mol. The minimum atomic E-state index is 0.155. The van der Waals surface area contributed by atoms with Gasteiger partial charge in [-0.1, -0.05) is 12.1 Å². The summed E-state index contributed by atoms with van der Waals surface area (Å²) >= 11 is 0. The van der Waals surface area contributed by atoms with Gasteiger partial charge >= 0.3 is 0 Å². The van der Waals surface area contributed by atoms with Crippen LogP contribution < -0.4 is 10.5 Å². The summed E-state index contributed by atoms with van der Waals surface area (Å²) in [7, 11) is 0. The van der Waals surface area contributed by atoms with Crippen LogP contribution in [0.15, 0.2) is 42.6 Å². The van der Waals surface area contributed by atoms with E-state index in [1.54, 1.807) is 18.3 Å². The highest BCUT2D eigenvalue weighted by Gasteiger charge is 1.98. The van der Waals surface area contributed by atoms with Crippen LogP contribution >= 0.6 is 0 Å². The molecule has 0 saturated heterocycles. The van der Waals surface area contributed by atoms with Gasteiger partial charge in [-0.25, -0.2) is 4.98 Å². The lowest BCUT2D eigenvalue weighted by Gasteiger charge is -2.06. The molecule has 4 heteroatoms. The third-order valence-corrected chi connectivity index (χ3v) is 2.32. The molecule has 0 radical (unpaired) electrons. The molecule has 0 saturated carbocycles. The average Bonchev–Trinajstić information content (AvgIpc) is 2.35. The first kappa shape index (κ1) is 11.4. The van der Waals surface area contributed by atoms with E-state index in [1.807, 2.05) is 24.3 Å². The van der Waals surface area contributed by atoms with Crippen LogP contribution in [-0.2, 0) is 6.42 Å². The molecular weight excluding hydrogens is 216 g/mol. The standard InChI is InChI=1S/C13H14N2O2/c14-13-6-5-12(9-15-13)17-11-3-1-10(2-4-11)7-8-16/h1-6,9,16H,7-8H2,(H2,14,15). The maximum atomic E-state index is 8.80. The molecule has 0 unspecified atom stereocenters. The highest BCUT2D eigenvalue weighted by molar-refractivity contribution is 5.36. The van der Waals surface area contributed by atoms with Crippen LogP contribution in [0.2, 0.25) is 0 Å². The molecular formula is C13H14N2O2. The monoisotopic (exact) mass is 230 g/mol. The second-order valence-corrected chi connectivity index (χ2v) is 3.64. The molecule has 1 aromatic carbocycles. The minimum Gasteiger partial charge on any atom is -0.456 e. The van der Waals surface area contributed by atoms with Gasteiger partial charge in [0.1, 0.15) is 17.3 Å². The molecule has 88 valence electrons. The number of nitrogens with two attached hydrogens (primary N) is 1. The zero-order valence-corrected chi connectivity index (χ0v) is 9.34. The Kier molecular flexibility index (Phi) is 3.57. The number of hydrogen-bond donors (Lipinski definition) is 2. The first-order valence-corrected chi connectivity index (χ1v) is 5.37. The summed E-state index contributed by atoms with van der Waals surface area (Å²) in [6.07, 6.45) is 2.24. The molecule has 0 bridgehead atoms. The Labute approximate surface area is 99.7 Å². The topological polar surface area (TPSA) is 68.4 Å². The molecule has 4 nitrogen and oxygen atoms in total. The van der Waals surface area contributed by atoms with Gasteiger partial charge in [-0.3, -0.25) is 0 Å². The second kappa shape index (κ2) is 5.32. The zero-order chi connectivity index (χ0) is 12.1. The summed E-state index contributed by atoms with van der Waals surface area (Å²) in [5.41, 5.74) is 6.56. The smallest absolute Gasteiger partial charge is 0.145 e. The predicted octanol–water partition coefficient (Wildman–Crippen LogP) is 1.99. The van der Waals surface area contributed by atoms with Crippen molar-refractivity contribution in [2.75, 3.05) is 12.3 Å². The van der Waals surface area contributed by atoms with Gasteiger partial charge in [-0.05, 0) is 36.2 Å². The fourth-order valence-corrected chi connectivity index (χ4v) is 1.44. The summed E-state index contributed by atoms with van der Waals surface area (Å²) in [4.78, 5) is 3.94. The van der Waals surface area contributed by atoms with Crippen LogP contribution in [-0.4, -0.2) is 16.7 Å². The minimum absolute atomic E-state index is 0.155. The largest absolute Gasteiger partial charge is 0.456 e. The summed E-state index contributed by atoms with van der Waals surface area (Å²) in [5.74, 6) is 1.85. The van der Waals surface area contributed by atoms with Crippen molar-refractivity contribution in [1.82, 2.24) is 4.98 Å². The lowest BCUT2D eigenvalue weighted by Crippen LogP contribution is -1.92. The number of hydrogen-bond acceptors (Lipinski definition) is 4. The van der Waals surface area contributed by atoms with Gasteiger partial charge in [-0.15, -0.1) is 0 Å². The van der Waals surface area contributed by atoms with Crippen molar-refractivity contribution in [3.8, 4) is 11.5 Å². The Morgan fingerprint density at radius 2 is 1.76 bits per heavy atom. The van der Waals surface area contributed by atoms with Crippen LogP contribution in [0.4, 0.5) is 5.82 Å². The number of aliphatic hydroxyl groups excluding tert-OH is 1. The number of pyridine rings is 1. The lowest BCUT2D eigenvalue weighted by molar-refractivity contribution is 0.299. The maximum absolute atomic E-state index is 8.80. The lowest BCUT2D eigenvalue weighted by atomic mass is 10.1. The van der Waals surface area contributed by atoms with Crippen molar-refractivity contribution >= 4 is 5.82 Å². The summed E-state index contributed by atoms with van der Waals surface area (Å²) in [6.45, 7) is 0.155. The molecule has 1 heterocycles. The van der Waals surface area contributed by atoms with Crippen molar-refractivity contribution < 1.29 is 9.84 Å². The summed E-state index contributed by atoms with van der Waals surface area (Å²) in [6, 6.07) is 11.0. The van der Waals surface area contributed by atoms with E-state index in [9.17, 15) is 0 Å². The number of aromatic nitrogens is 1. The molecule has 2 rings (SSSR count). The Morgan fingerprint density at radius 1 is 1.06 bits per heavy atom. The zero-order valence-electron chi connectivity index (χ0n) is 9.34. The molecule has 0 aliphatic heterocycles. The first-order valence-electron chi connectivity index (χ1n) is 5.37. The van der Waals surface area contributed by atoms with Gasteiger partial charge in [0.15, 0.2) is 0 Å². The maximum Gasteiger partial charge on any atom is 0.145 e. The van der Waals surface area contributed by atoms with Crippen molar-refractivity contribution in [2.45, 2.75) is 6.42 Å². The first-order chi connectivity index (χ1) is 8.28. The van der Waals surface area contributed by atoms with Crippen LogP contribution in [0.25, 0.3) is 0 Å². The van der Waals surface area contributed by atoms with Gasteiger partial charge in [0, 0.05) is 6.61 Å². The predicted molar refractivity (Wildman–Crippen MR) is 66.0 cm³/mol. The molecule has 0 spiro atoms. The van der Waals surface area contributed by atoms with Crippen LogP contribution in [0, 0.1) is 0 Å². The van der Waals surface area contributed by atoms with Crippen molar-refractivity contribution in [3.05, 3.63) is 48.2 Å². The van der Waals surface area contributed by atoms with E-state index in [4.69, 9.17) is 15.6 Å². The van der Waals surface area contributed by atoms with Gasteiger partial charge in [0.25, 0.3) is 0 Å². The summed E-state index contributed by atoms with van der Waals surface area (Å²) < 4.78 is 5.59. The van der Waals surface area contributed by atoms with Gasteiger partial charge in [-0.2, -0.15) is 0 Å². The molecule has 0 amide bonds. The van der Waals surface area contributed by atoms with E-state index in [1.165, 1.54) is 0 Å². The van der Waals surface area contributed by atoms with Crippen molar-refractivity contribution in [2.24, 2.45) is 0 Å². The molecule has 2 aromatic rings. The van der Waals surface area contributed by atoms with Gasteiger partial charge < -0.3 is 15.6 Å². The Morgan fingerprint density at radius 3 is 2.35 bits per heavy atom. The van der Waals surface area contributed by atoms with Gasteiger partial charge in [0.2, 0.25) is 0 Å². The fourth-order valence-electron chi connectivity index (χ4n) is 1.44. The van der Waals surface area contributed by atoms with Crippen LogP contribution in [0.5, 0.6) is 11.5 Å². The number of nitrogen functional groups attached to an aromatic ring is 1. The summed E-state index contributed by atoms with van der Waals surface area (Å²) in [5, 5.41) is 8.80. The van der Waals surface area contributed by atoms with E-state index in [2.05, 4.69) is 4.98 Å². The third kappa shape index (κ3) is 3.19. The van der Waals surface area contributed by atoms with E-state index >= 15 is 0 Å². The number of benzene rings is 1. The van der Waals surface area contributed by atoms with E-state index < -0.39 is 0 Å². The van der Waals surface area contributed by atoms with Crippen molar-refractivity contribution in [3.63, 3.8) is 0 Å². The van der Waals surface area contributed by atoms with E-state index in [-0.39, 0.29) is 6.61 Å². The molecule has 0 atom stereocenters. The van der Waals surface area contributed by atoms with Gasteiger partial charge in [0.05, 0.1) is 6.20 Å². The Bertz CT molecular complexity index is 466. The Balaban J connectivity index is 2.05. The molecule has 0 fully saturated rings. The van der Waals surface area contributed by atoms with E-state index in [0.29, 0.717) is 18.0 Å². The molecule has 1 aromatic heterocycles. The molecule has 3 N–H and O–H groups in total. The fraction of sp³-hybridized carbons (Fsp3) is 0.154. The highest BCUT2D eigenvalue weighted by atomic mass is 16.5. The number of rotatable bonds is 4. The molecule has 17 heavy (non-hydrogen) atoms. The molecule has 0 aliphatic carbocycles. The number of aliphatic hydroxyl groups is 1. The number of ether oxygens (including phenoxy) is 1. The number of nitrogens with zero attached hydrogens (tertiary/aromatic N) is 1. The molecule has 0 aliphatic rings. The van der Waals surface area contributed by atoms with Crippen LogP contribution in [0.3, 0.4) is 0 Å². The second-order valence-electron chi connectivity index (χ2n) is 3.64. The van der Waals surface area contributed by atoms with Crippen molar-refractivity contribution in [1.29, 1.82) is 0 Å². The van der Waals surface area contributed by atoms with Crippen LogP contribution in [0.1, 0.15) is 5.56 Å². The number of anilines is 1. The van der Waals surface area contributed by atoms with E-state index in [0.717, 1.165) is 11.3 Å². The normalized spacial score (nSPS) is 10.2. The SMILES string of the molecule is Nc1ccc(Oc2ccc(CCO)cc2)cn1.